The second kappa shape index (κ2) is 9.37. The van der Waals surface area contributed by atoms with Gasteiger partial charge >= 0.3 is 0 Å². The number of carbonyl (C=O) groups is 1. The summed E-state index contributed by atoms with van der Waals surface area (Å²) in [6.45, 7) is 12.4. The Bertz CT molecular complexity index is 801. The van der Waals surface area contributed by atoms with Crippen LogP contribution in [0.3, 0.4) is 0 Å². The van der Waals surface area contributed by atoms with Gasteiger partial charge in [-0.25, -0.2) is 8.42 Å². The van der Waals surface area contributed by atoms with E-state index in [1.54, 1.807) is 0 Å². The van der Waals surface area contributed by atoms with Gasteiger partial charge in [0.05, 0.1) is 11.5 Å². The van der Waals surface area contributed by atoms with Gasteiger partial charge in [0.2, 0.25) is 5.91 Å². The first-order valence-electron chi connectivity index (χ1n) is 11.1. The van der Waals surface area contributed by atoms with E-state index in [1.807, 2.05) is 35.2 Å². The van der Waals surface area contributed by atoms with Crippen LogP contribution >= 0.6 is 0 Å². The fraction of sp³-hybridized carbons (Fsp3) is 0.696. The number of amides is 1. The van der Waals surface area contributed by atoms with E-state index in [4.69, 9.17) is 0 Å². The summed E-state index contributed by atoms with van der Waals surface area (Å²) in [5.74, 6) is 1.50. The molecule has 7 heteroatoms. The van der Waals surface area contributed by atoms with Crippen molar-refractivity contribution in [3.63, 3.8) is 0 Å². The molecule has 1 aromatic rings. The van der Waals surface area contributed by atoms with Crippen LogP contribution in [0.2, 0.25) is 0 Å². The van der Waals surface area contributed by atoms with Crippen LogP contribution in [0.4, 0.5) is 0 Å². The maximum atomic E-state index is 13.3. The normalized spacial score (nSPS) is 26.8. The average Bonchev–Trinajstić information content (AvgIpc) is 2.68. The lowest BCUT2D eigenvalue weighted by Crippen LogP contribution is -2.57. The standard InChI is InChI=1S/C23H37N3O3S/c1-18-14-19(2)16-26(15-18)23(3,4)17-24-22(27)21(20-8-6-5-7-9-20)25-10-12-30(28,29)13-11-25/h5-9,18-19,21H,10-17H2,1-4H3,(H,24,27). The topological polar surface area (TPSA) is 69.7 Å². The third-order valence-corrected chi connectivity index (χ3v) is 8.14. The molecule has 6 nitrogen and oxygen atoms in total. The van der Waals surface area contributed by atoms with E-state index in [0.29, 0.717) is 31.5 Å². The summed E-state index contributed by atoms with van der Waals surface area (Å²) in [7, 11) is -3.00. The smallest absolute Gasteiger partial charge is 0.242 e. The van der Waals surface area contributed by atoms with Crippen molar-refractivity contribution in [3.8, 4) is 0 Å². The Kier molecular flexibility index (Phi) is 7.25. The molecular formula is C23H37N3O3S. The summed E-state index contributed by atoms with van der Waals surface area (Å²) in [6.07, 6.45) is 1.26. The minimum atomic E-state index is -3.00. The number of piperidine rings is 1. The number of carbonyl (C=O) groups excluding carboxylic acids is 1. The lowest BCUT2D eigenvalue weighted by atomic mass is 9.88. The molecule has 2 fully saturated rings. The van der Waals surface area contributed by atoms with Crippen LogP contribution in [0.1, 0.15) is 45.7 Å². The van der Waals surface area contributed by atoms with E-state index in [1.165, 1.54) is 6.42 Å². The van der Waals surface area contributed by atoms with E-state index in [2.05, 4.69) is 37.9 Å². The van der Waals surface area contributed by atoms with Crippen molar-refractivity contribution >= 4 is 15.7 Å². The molecule has 0 aliphatic carbocycles. The van der Waals surface area contributed by atoms with E-state index in [-0.39, 0.29) is 23.0 Å². The van der Waals surface area contributed by atoms with Gasteiger partial charge in [-0.2, -0.15) is 0 Å². The minimum Gasteiger partial charge on any atom is -0.353 e. The fourth-order valence-electron chi connectivity index (χ4n) is 4.82. The van der Waals surface area contributed by atoms with Gasteiger partial charge in [0.25, 0.3) is 0 Å². The highest BCUT2D eigenvalue weighted by Gasteiger charge is 2.36. The Labute approximate surface area is 181 Å². The van der Waals surface area contributed by atoms with E-state index >= 15 is 0 Å². The molecule has 3 unspecified atom stereocenters. The van der Waals surface area contributed by atoms with E-state index in [0.717, 1.165) is 18.7 Å². The highest BCUT2D eigenvalue weighted by Crippen LogP contribution is 2.28. The lowest BCUT2D eigenvalue weighted by Gasteiger charge is -2.45. The molecular weight excluding hydrogens is 398 g/mol. The summed E-state index contributed by atoms with van der Waals surface area (Å²) in [5, 5.41) is 3.19. The van der Waals surface area contributed by atoms with Crippen molar-refractivity contribution in [2.24, 2.45) is 11.8 Å². The Morgan fingerprint density at radius 3 is 2.23 bits per heavy atom. The van der Waals surface area contributed by atoms with Crippen LogP contribution in [0.15, 0.2) is 30.3 Å². The maximum Gasteiger partial charge on any atom is 0.242 e. The Morgan fingerprint density at radius 1 is 1.10 bits per heavy atom. The van der Waals surface area contributed by atoms with Crippen molar-refractivity contribution in [2.45, 2.75) is 45.7 Å². The monoisotopic (exact) mass is 435 g/mol. The minimum absolute atomic E-state index is 0.0494. The quantitative estimate of drug-likeness (QED) is 0.743. The molecule has 0 saturated carbocycles. The van der Waals surface area contributed by atoms with Crippen molar-refractivity contribution in [2.75, 3.05) is 44.2 Å². The zero-order valence-corrected chi connectivity index (χ0v) is 19.6. The van der Waals surface area contributed by atoms with Gasteiger partial charge in [0, 0.05) is 38.3 Å². The third kappa shape index (κ3) is 5.83. The van der Waals surface area contributed by atoms with Crippen LogP contribution in [-0.2, 0) is 14.6 Å². The zero-order chi connectivity index (χ0) is 21.9. The van der Waals surface area contributed by atoms with Gasteiger partial charge in [0.1, 0.15) is 6.04 Å². The predicted octanol–water partition coefficient (Wildman–Crippen LogP) is 2.33. The Hall–Kier alpha value is -1.44. The number of nitrogens with zero attached hydrogens (tertiary/aromatic N) is 2. The van der Waals surface area contributed by atoms with E-state index in [9.17, 15) is 13.2 Å². The second-order valence-corrected chi connectivity index (χ2v) is 12.2. The molecule has 30 heavy (non-hydrogen) atoms. The molecule has 0 bridgehead atoms. The van der Waals surface area contributed by atoms with Gasteiger partial charge in [-0.1, -0.05) is 44.2 Å². The number of nitrogens with one attached hydrogen (secondary N) is 1. The largest absolute Gasteiger partial charge is 0.353 e. The summed E-state index contributed by atoms with van der Waals surface area (Å²) in [4.78, 5) is 17.8. The van der Waals surface area contributed by atoms with Crippen LogP contribution in [0.5, 0.6) is 0 Å². The Balaban J connectivity index is 1.70. The van der Waals surface area contributed by atoms with Crippen molar-refractivity contribution < 1.29 is 13.2 Å². The first kappa shape index (κ1) is 23.2. The van der Waals surface area contributed by atoms with Gasteiger partial charge < -0.3 is 5.32 Å². The molecule has 0 spiro atoms. The Morgan fingerprint density at radius 2 is 1.67 bits per heavy atom. The van der Waals surface area contributed by atoms with Crippen LogP contribution in [-0.4, -0.2) is 73.9 Å². The molecule has 3 atom stereocenters. The highest BCUT2D eigenvalue weighted by atomic mass is 32.2. The fourth-order valence-corrected chi connectivity index (χ4v) is 6.05. The molecule has 1 aromatic carbocycles. The predicted molar refractivity (Wildman–Crippen MR) is 121 cm³/mol. The highest BCUT2D eigenvalue weighted by molar-refractivity contribution is 7.91. The van der Waals surface area contributed by atoms with Crippen LogP contribution < -0.4 is 5.32 Å². The number of rotatable bonds is 6. The average molecular weight is 436 g/mol. The van der Waals surface area contributed by atoms with Gasteiger partial charge in [-0.15, -0.1) is 0 Å². The lowest BCUT2D eigenvalue weighted by molar-refractivity contribution is -0.127. The number of hydrogen-bond donors (Lipinski definition) is 1. The molecule has 2 aliphatic heterocycles. The summed E-state index contributed by atoms with van der Waals surface area (Å²) in [6, 6.07) is 9.23. The third-order valence-electron chi connectivity index (χ3n) is 6.53. The van der Waals surface area contributed by atoms with E-state index < -0.39 is 15.9 Å². The number of likely N-dealkylation sites (tertiary alicyclic amines) is 1. The van der Waals surface area contributed by atoms with Gasteiger partial charge in [0.15, 0.2) is 9.84 Å². The maximum absolute atomic E-state index is 13.3. The van der Waals surface area contributed by atoms with Crippen molar-refractivity contribution in [1.29, 1.82) is 0 Å². The molecule has 2 saturated heterocycles. The molecule has 0 radical (unpaired) electrons. The summed E-state index contributed by atoms with van der Waals surface area (Å²) >= 11 is 0. The van der Waals surface area contributed by atoms with Crippen molar-refractivity contribution in [3.05, 3.63) is 35.9 Å². The summed E-state index contributed by atoms with van der Waals surface area (Å²) < 4.78 is 23.8. The van der Waals surface area contributed by atoms with Gasteiger partial charge in [-0.05, 0) is 37.7 Å². The molecule has 168 valence electrons. The number of hydrogen-bond acceptors (Lipinski definition) is 5. The molecule has 0 aromatic heterocycles. The van der Waals surface area contributed by atoms with Gasteiger partial charge in [-0.3, -0.25) is 14.6 Å². The number of benzene rings is 1. The first-order chi connectivity index (χ1) is 14.1. The summed E-state index contributed by atoms with van der Waals surface area (Å²) in [5.41, 5.74) is 0.776. The van der Waals surface area contributed by atoms with Crippen molar-refractivity contribution in [1.82, 2.24) is 15.1 Å². The molecule has 2 aliphatic rings. The molecule has 2 heterocycles. The first-order valence-corrected chi connectivity index (χ1v) is 12.9. The van der Waals surface area contributed by atoms with Crippen LogP contribution in [0.25, 0.3) is 0 Å². The zero-order valence-electron chi connectivity index (χ0n) is 18.8. The van der Waals surface area contributed by atoms with Crippen LogP contribution in [0, 0.1) is 11.8 Å². The number of sulfone groups is 1. The molecule has 3 rings (SSSR count). The molecule has 1 amide bonds. The second-order valence-electron chi connectivity index (χ2n) is 9.88. The molecule has 1 N–H and O–H groups in total. The SMILES string of the molecule is CC1CC(C)CN(C(C)(C)CNC(=O)C(c2ccccc2)N2CCS(=O)(=O)CC2)C1.